The molecule has 0 unspecified atom stereocenters. The summed E-state index contributed by atoms with van der Waals surface area (Å²) in [7, 11) is 0. The number of imidazole rings is 1. The van der Waals surface area contributed by atoms with E-state index in [-0.39, 0.29) is 6.42 Å². The molecule has 0 fully saturated rings. The smallest absolute Gasteiger partial charge is 0.225 e. The van der Waals surface area contributed by atoms with Crippen molar-refractivity contribution in [3.05, 3.63) is 23.6 Å². The van der Waals surface area contributed by atoms with E-state index in [1.807, 2.05) is 26.9 Å². The van der Waals surface area contributed by atoms with Gasteiger partial charge in [0.2, 0.25) is 5.91 Å². The van der Waals surface area contributed by atoms with Crippen LogP contribution in [0.4, 0.5) is 0 Å². The van der Waals surface area contributed by atoms with Crippen LogP contribution in [0.5, 0.6) is 0 Å². The van der Waals surface area contributed by atoms with Crippen LogP contribution in [0.2, 0.25) is 0 Å². The maximum Gasteiger partial charge on any atom is 0.225 e. The number of hydrogen-bond acceptors (Lipinski definition) is 5. The van der Waals surface area contributed by atoms with E-state index in [2.05, 4.69) is 22.0 Å². The first kappa shape index (κ1) is 13.7. The maximum absolute atomic E-state index is 11.1. The molecule has 110 valence electrons. The highest BCUT2D eigenvalue weighted by Crippen LogP contribution is 2.20. The van der Waals surface area contributed by atoms with Crippen molar-refractivity contribution in [2.24, 2.45) is 5.73 Å². The van der Waals surface area contributed by atoms with E-state index in [0.717, 1.165) is 30.0 Å². The Morgan fingerprint density at radius 3 is 3.00 bits per heavy atom. The van der Waals surface area contributed by atoms with Crippen LogP contribution in [0.3, 0.4) is 0 Å². The fourth-order valence-electron chi connectivity index (χ4n) is 2.11. The lowest BCUT2D eigenvalue weighted by atomic mass is 10.3. The molecule has 3 aromatic heterocycles. The van der Waals surface area contributed by atoms with Gasteiger partial charge in [-0.1, -0.05) is 13.3 Å². The lowest BCUT2D eigenvalue weighted by Gasteiger charge is -2.01. The van der Waals surface area contributed by atoms with E-state index in [1.54, 1.807) is 11.3 Å². The van der Waals surface area contributed by atoms with Crippen LogP contribution in [0.15, 0.2) is 17.8 Å². The molecule has 0 aromatic carbocycles. The van der Waals surface area contributed by atoms with Crippen molar-refractivity contribution in [2.45, 2.75) is 32.7 Å². The van der Waals surface area contributed by atoms with Gasteiger partial charge >= 0.3 is 0 Å². The van der Waals surface area contributed by atoms with Crippen molar-refractivity contribution >= 4 is 22.2 Å². The van der Waals surface area contributed by atoms with Gasteiger partial charge in [-0.05, 0) is 6.42 Å². The monoisotopic (exact) mass is 304 g/mol. The van der Waals surface area contributed by atoms with Gasteiger partial charge in [0.1, 0.15) is 5.69 Å². The largest absolute Gasteiger partial charge is 0.369 e. The maximum atomic E-state index is 11.1. The quantitative estimate of drug-likeness (QED) is 0.746. The molecule has 0 aliphatic heterocycles. The zero-order chi connectivity index (χ0) is 14.8. The highest BCUT2D eigenvalue weighted by atomic mass is 32.1. The Morgan fingerprint density at radius 2 is 2.29 bits per heavy atom. The van der Waals surface area contributed by atoms with Crippen molar-refractivity contribution in [2.75, 3.05) is 0 Å². The molecule has 3 heterocycles. The van der Waals surface area contributed by atoms with Gasteiger partial charge in [0.05, 0.1) is 6.42 Å². The predicted octanol–water partition coefficient (Wildman–Crippen LogP) is 1.48. The fourth-order valence-corrected chi connectivity index (χ4v) is 2.81. The second kappa shape index (κ2) is 5.65. The van der Waals surface area contributed by atoms with Crippen LogP contribution in [0.1, 0.15) is 25.6 Å². The third-order valence-electron chi connectivity index (χ3n) is 3.09. The molecule has 0 saturated heterocycles. The lowest BCUT2D eigenvalue weighted by Crippen LogP contribution is -2.14. The summed E-state index contributed by atoms with van der Waals surface area (Å²) in [4.78, 5) is 20.9. The summed E-state index contributed by atoms with van der Waals surface area (Å²) in [5.41, 5.74) is 5.99. The lowest BCUT2D eigenvalue weighted by molar-refractivity contribution is -0.117. The van der Waals surface area contributed by atoms with E-state index < -0.39 is 5.91 Å². The van der Waals surface area contributed by atoms with E-state index in [4.69, 9.17) is 5.73 Å². The SMILES string of the molecule is CCCCn1nc(CC(N)=O)nc1-c1cn2ccsc2n1. The normalized spacial score (nSPS) is 11.3. The average molecular weight is 304 g/mol. The summed E-state index contributed by atoms with van der Waals surface area (Å²) in [6, 6.07) is 0. The van der Waals surface area contributed by atoms with E-state index >= 15 is 0 Å². The Bertz CT molecular complexity index is 742. The summed E-state index contributed by atoms with van der Waals surface area (Å²) in [6.07, 6.45) is 5.98. The summed E-state index contributed by atoms with van der Waals surface area (Å²) in [5.74, 6) is 0.709. The molecule has 0 atom stereocenters. The predicted molar refractivity (Wildman–Crippen MR) is 79.9 cm³/mol. The molecule has 1 amide bonds. The zero-order valence-corrected chi connectivity index (χ0v) is 12.5. The molecular weight excluding hydrogens is 288 g/mol. The van der Waals surface area contributed by atoms with Crippen LogP contribution in [0, 0.1) is 0 Å². The number of fused-ring (bicyclic) bond motifs is 1. The van der Waals surface area contributed by atoms with Crippen LogP contribution in [0.25, 0.3) is 16.5 Å². The van der Waals surface area contributed by atoms with Gasteiger partial charge in [0.15, 0.2) is 16.6 Å². The first-order valence-electron chi connectivity index (χ1n) is 6.82. The molecule has 0 radical (unpaired) electrons. The number of carbonyl (C=O) groups excluding carboxylic acids is 1. The van der Waals surface area contributed by atoms with E-state index in [1.165, 1.54) is 0 Å². The van der Waals surface area contributed by atoms with E-state index in [9.17, 15) is 4.79 Å². The summed E-state index contributed by atoms with van der Waals surface area (Å²) in [5, 5.41) is 6.36. The summed E-state index contributed by atoms with van der Waals surface area (Å²) >= 11 is 1.56. The minimum atomic E-state index is -0.431. The van der Waals surface area contributed by atoms with Crippen LogP contribution in [-0.2, 0) is 17.8 Å². The molecule has 8 heteroatoms. The Morgan fingerprint density at radius 1 is 1.43 bits per heavy atom. The highest BCUT2D eigenvalue weighted by Gasteiger charge is 2.16. The molecule has 7 nitrogen and oxygen atoms in total. The first-order valence-corrected chi connectivity index (χ1v) is 7.70. The number of rotatable bonds is 6. The van der Waals surface area contributed by atoms with Gasteiger partial charge in [-0.3, -0.25) is 9.20 Å². The molecule has 3 aromatic rings. The molecule has 0 saturated carbocycles. The summed E-state index contributed by atoms with van der Waals surface area (Å²) < 4.78 is 3.76. The van der Waals surface area contributed by atoms with Gasteiger partial charge in [-0.15, -0.1) is 11.3 Å². The number of nitrogens with two attached hydrogens (primary N) is 1. The Balaban J connectivity index is 1.99. The summed E-state index contributed by atoms with van der Waals surface area (Å²) in [6.45, 7) is 2.87. The molecule has 0 aliphatic carbocycles. The Hall–Kier alpha value is -2.22. The van der Waals surface area contributed by atoms with Crippen molar-refractivity contribution in [1.82, 2.24) is 24.1 Å². The Labute approximate surface area is 125 Å². The van der Waals surface area contributed by atoms with Gasteiger partial charge in [-0.25, -0.2) is 14.6 Å². The molecule has 2 N–H and O–H groups in total. The molecule has 3 rings (SSSR count). The highest BCUT2D eigenvalue weighted by molar-refractivity contribution is 7.15. The van der Waals surface area contributed by atoms with E-state index in [0.29, 0.717) is 11.6 Å². The number of primary amides is 1. The number of aromatic nitrogens is 5. The van der Waals surface area contributed by atoms with Crippen molar-refractivity contribution in [3.8, 4) is 11.5 Å². The number of amides is 1. The molecule has 0 spiro atoms. The number of unbranched alkanes of at least 4 members (excludes halogenated alkanes) is 1. The minimum absolute atomic E-state index is 0.0499. The molecule has 0 aliphatic rings. The Kier molecular flexibility index (Phi) is 3.70. The standard InChI is InChI=1S/C13H16N6OS/c1-2-3-4-19-12(16-11(17-19)7-10(14)20)9-8-18-5-6-21-13(18)15-9/h5-6,8H,2-4,7H2,1H3,(H2,14,20). The second-order valence-corrected chi connectivity index (χ2v) is 5.66. The minimum Gasteiger partial charge on any atom is -0.369 e. The first-order chi connectivity index (χ1) is 10.2. The third kappa shape index (κ3) is 2.80. The topological polar surface area (TPSA) is 91.1 Å². The van der Waals surface area contributed by atoms with Crippen LogP contribution in [-0.4, -0.2) is 30.1 Å². The van der Waals surface area contributed by atoms with Crippen molar-refractivity contribution in [1.29, 1.82) is 0 Å². The molecule has 0 bridgehead atoms. The average Bonchev–Trinajstić information content (AvgIpc) is 3.08. The zero-order valence-electron chi connectivity index (χ0n) is 11.7. The van der Waals surface area contributed by atoms with Gasteiger partial charge in [0.25, 0.3) is 0 Å². The number of hydrogen-bond donors (Lipinski definition) is 1. The van der Waals surface area contributed by atoms with Gasteiger partial charge in [0, 0.05) is 24.3 Å². The number of carbonyl (C=O) groups is 1. The molecular formula is C13H16N6OS. The second-order valence-electron chi connectivity index (χ2n) is 4.79. The van der Waals surface area contributed by atoms with Crippen molar-refractivity contribution < 1.29 is 4.79 Å². The number of thiazole rings is 1. The van der Waals surface area contributed by atoms with Gasteiger partial charge < -0.3 is 5.73 Å². The van der Waals surface area contributed by atoms with Crippen molar-refractivity contribution in [3.63, 3.8) is 0 Å². The van der Waals surface area contributed by atoms with Crippen LogP contribution < -0.4 is 5.73 Å². The molecule has 21 heavy (non-hydrogen) atoms. The van der Waals surface area contributed by atoms with Crippen LogP contribution >= 0.6 is 11.3 Å². The third-order valence-corrected chi connectivity index (χ3v) is 3.86. The fraction of sp³-hybridized carbons (Fsp3) is 0.385. The van der Waals surface area contributed by atoms with Gasteiger partial charge in [-0.2, -0.15) is 5.10 Å². The number of aryl methyl sites for hydroxylation is 1. The number of nitrogens with zero attached hydrogens (tertiary/aromatic N) is 5.